The second-order valence-electron chi connectivity index (χ2n) is 9.59. The van der Waals surface area contributed by atoms with Gasteiger partial charge >= 0.3 is 12.1 Å². The van der Waals surface area contributed by atoms with Gasteiger partial charge in [0, 0.05) is 18.9 Å². The number of carbonyl (C=O) groups excluding carboxylic acids is 2. The van der Waals surface area contributed by atoms with Crippen molar-refractivity contribution in [2.75, 3.05) is 13.2 Å². The van der Waals surface area contributed by atoms with Crippen LogP contribution in [0.5, 0.6) is 0 Å². The van der Waals surface area contributed by atoms with Crippen LogP contribution in [0.3, 0.4) is 0 Å². The van der Waals surface area contributed by atoms with Gasteiger partial charge in [0.15, 0.2) is 0 Å². The number of aliphatic carboxylic acids is 1. The zero-order chi connectivity index (χ0) is 25.8. The molecule has 2 amide bonds. The number of fused-ring (bicyclic) bond motifs is 3. The quantitative estimate of drug-likeness (QED) is 0.496. The van der Waals surface area contributed by atoms with Crippen LogP contribution in [0.4, 0.5) is 4.79 Å². The Morgan fingerprint density at radius 2 is 1.51 bits per heavy atom. The van der Waals surface area contributed by atoms with E-state index in [2.05, 4.69) is 17.4 Å². The summed E-state index contributed by atoms with van der Waals surface area (Å²) in [6.45, 7) is 0.487. The molecule has 1 heterocycles. The normalized spacial score (nSPS) is 17.4. The fraction of sp³-hybridized carbons (Fsp3) is 0.300. The number of carbonyl (C=O) groups is 3. The Hall–Kier alpha value is -4.13. The highest BCUT2D eigenvalue weighted by Crippen LogP contribution is 2.44. The standard InChI is InChI=1S/C30H30N2O5/c33-28(32-17-9-8-16-27(32)29(34)35)26(18-20-10-2-1-3-11-20)31-30(36)37-19-25-23-14-6-4-12-21(23)22-13-5-7-15-24(22)25/h1-7,10-15,25-27H,8-9,16-19H2,(H,31,36)(H,34,35)/t26-,27-/m0/s1. The molecular weight excluding hydrogens is 468 g/mol. The molecule has 0 radical (unpaired) electrons. The van der Waals surface area contributed by atoms with Crippen LogP contribution in [-0.2, 0) is 20.7 Å². The van der Waals surface area contributed by atoms with E-state index in [4.69, 9.17) is 4.74 Å². The summed E-state index contributed by atoms with van der Waals surface area (Å²) in [6, 6.07) is 23.7. The number of rotatable bonds is 7. The van der Waals surface area contributed by atoms with Crippen LogP contribution in [0.1, 0.15) is 41.9 Å². The van der Waals surface area contributed by atoms with Crippen LogP contribution in [0, 0.1) is 0 Å². The lowest BCUT2D eigenvalue weighted by Gasteiger charge is -2.35. The molecule has 1 aliphatic carbocycles. The van der Waals surface area contributed by atoms with Gasteiger partial charge in [-0.1, -0.05) is 78.9 Å². The summed E-state index contributed by atoms with van der Waals surface area (Å²) < 4.78 is 5.68. The van der Waals surface area contributed by atoms with E-state index in [1.807, 2.05) is 66.7 Å². The van der Waals surface area contributed by atoms with Gasteiger partial charge in [-0.05, 0) is 47.1 Å². The van der Waals surface area contributed by atoms with Gasteiger partial charge in [0.2, 0.25) is 5.91 Å². The number of piperidine rings is 1. The number of benzene rings is 3. The molecule has 0 unspecified atom stereocenters. The van der Waals surface area contributed by atoms with Crippen molar-refractivity contribution < 1.29 is 24.2 Å². The van der Waals surface area contributed by atoms with Crippen LogP contribution in [0.2, 0.25) is 0 Å². The summed E-state index contributed by atoms with van der Waals surface area (Å²) in [5.74, 6) is -1.52. The lowest BCUT2D eigenvalue weighted by Crippen LogP contribution is -2.56. The minimum absolute atomic E-state index is 0.0973. The molecular formula is C30H30N2O5. The molecule has 0 spiro atoms. The SMILES string of the molecule is O=C(N[C@@H](Cc1ccccc1)C(=O)N1CCCC[C@H]1C(=O)O)OCC1c2ccccc2-c2ccccc21. The first kappa shape index (κ1) is 24.6. The first-order valence-corrected chi connectivity index (χ1v) is 12.7. The summed E-state index contributed by atoms with van der Waals surface area (Å²) in [4.78, 5) is 39.7. The minimum Gasteiger partial charge on any atom is -0.480 e. The molecule has 0 aromatic heterocycles. The molecule has 0 saturated carbocycles. The minimum atomic E-state index is -1.02. The molecule has 0 bridgehead atoms. The van der Waals surface area contributed by atoms with Crippen LogP contribution < -0.4 is 5.32 Å². The number of ether oxygens (including phenoxy) is 1. The number of nitrogens with zero attached hydrogens (tertiary/aromatic N) is 1. The number of hydrogen-bond donors (Lipinski definition) is 2. The number of likely N-dealkylation sites (tertiary alicyclic amines) is 1. The van der Waals surface area contributed by atoms with E-state index in [0.29, 0.717) is 13.0 Å². The molecule has 2 N–H and O–H groups in total. The Kier molecular flexibility index (Phi) is 7.21. The molecule has 3 aromatic rings. The van der Waals surface area contributed by atoms with Crippen LogP contribution in [0.15, 0.2) is 78.9 Å². The van der Waals surface area contributed by atoms with E-state index in [0.717, 1.165) is 40.7 Å². The van der Waals surface area contributed by atoms with E-state index in [1.165, 1.54) is 4.90 Å². The summed E-state index contributed by atoms with van der Waals surface area (Å²) in [7, 11) is 0. The number of nitrogens with one attached hydrogen (secondary N) is 1. The van der Waals surface area contributed by atoms with Gasteiger partial charge in [-0.2, -0.15) is 0 Å². The monoisotopic (exact) mass is 498 g/mol. The van der Waals surface area contributed by atoms with Gasteiger partial charge in [-0.25, -0.2) is 9.59 Å². The first-order valence-electron chi connectivity index (χ1n) is 12.7. The maximum absolute atomic E-state index is 13.5. The lowest BCUT2D eigenvalue weighted by atomic mass is 9.98. The maximum atomic E-state index is 13.5. The third-order valence-corrected chi connectivity index (χ3v) is 7.29. The van der Waals surface area contributed by atoms with Gasteiger partial charge in [-0.3, -0.25) is 4.79 Å². The molecule has 2 aliphatic rings. The molecule has 5 rings (SSSR count). The average molecular weight is 499 g/mol. The van der Waals surface area contributed by atoms with Gasteiger partial charge < -0.3 is 20.1 Å². The summed E-state index contributed by atoms with van der Waals surface area (Å²) in [5.41, 5.74) is 5.34. The van der Waals surface area contributed by atoms with Crippen molar-refractivity contribution in [2.24, 2.45) is 0 Å². The van der Waals surface area contributed by atoms with Crippen molar-refractivity contribution in [3.8, 4) is 11.1 Å². The van der Waals surface area contributed by atoms with Crippen molar-refractivity contribution in [2.45, 2.75) is 43.7 Å². The molecule has 1 aliphatic heterocycles. The topological polar surface area (TPSA) is 95.9 Å². The van der Waals surface area contributed by atoms with Gasteiger partial charge in [0.1, 0.15) is 18.7 Å². The Labute approximate surface area is 216 Å². The third-order valence-electron chi connectivity index (χ3n) is 7.29. The molecule has 1 fully saturated rings. The van der Waals surface area contributed by atoms with Gasteiger partial charge in [0.05, 0.1) is 0 Å². The molecule has 3 aromatic carbocycles. The number of carboxylic acid groups (broad SMARTS) is 1. The number of alkyl carbamates (subject to hydrolysis) is 1. The highest BCUT2D eigenvalue weighted by atomic mass is 16.5. The Bertz CT molecular complexity index is 1250. The van der Waals surface area contributed by atoms with E-state index < -0.39 is 30.1 Å². The number of carboxylic acids is 1. The highest BCUT2D eigenvalue weighted by Gasteiger charge is 2.36. The zero-order valence-corrected chi connectivity index (χ0v) is 20.5. The van der Waals surface area contributed by atoms with Crippen LogP contribution >= 0.6 is 0 Å². The van der Waals surface area contributed by atoms with E-state index in [9.17, 15) is 19.5 Å². The predicted molar refractivity (Wildman–Crippen MR) is 139 cm³/mol. The predicted octanol–water partition coefficient (Wildman–Crippen LogP) is 4.60. The third kappa shape index (κ3) is 5.21. The molecule has 7 nitrogen and oxygen atoms in total. The van der Waals surface area contributed by atoms with E-state index in [1.54, 1.807) is 0 Å². The molecule has 190 valence electrons. The van der Waals surface area contributed by atoms with Crippen LogP contribution in [-0.4, -0.2) is 53.2 Å². The number of hydrogen-bond acceptors (Lipinski definition) is 4. The summed E-state index contributed by atoms with van der Waals surface area (Å²) in [5, 5.41) is 12.4. The molecule has 1 saturated heterocycles. The maximum Gasteiger partial charge on any atom is 0.407 e. The average Bonchev–Trinajstić information content (AvgIpc) is 3.25. The van der Waals surface area contributed by atoms with E-state index in [-0.39, 0.29) is 18.9 Å². The molecule has 37 heavy (non-hydrogen) atoms. The van der Waals surface area contributed by atoms with Gasteiger partial charge in [0.25, 0.3) is 0 Å². The fourth-order valence-electron chi connectivity index (χ4n) is 5.48. The fourth-order valence-corrected chi connectivity index (χ4v) is 5.48. The Morgan fingerprint density at radius 3 is 2.16 bits per heavy atom. The van der Waals surface area contributed by atoms with Crippen LogP contribution in [0.25, 0.3) is 11.1 Å². The van der Waals surface area contributed by atoms with Crippen molar-refractivity contribution in [3.63, 3.8) is 0 Å². The lowest BCUT2D eigenvalue weighted by molar-refractivity contribution is -0.152. The first-order chi connectivity index (χ1) is 18.0. The van der Waals surface area contributed by atoms with Crippen molar-refractivity contribution in [1.29, 1.82) is 0 Å². The zero-order valence-electron chi connectivity index (χ0n) is 20.5. The second-order valence-corrected chi connectivity index (χ2v) is 9.59. The largest absolute Gasteiger partial charge is 0.480 e. The summed E-state index contributed by atoms with van der Waals surface area (Å²) >= 11 is 0. The Morgan fingerprint density at radius 1 is 0.892 bits per heavy atom. The van der Waals surface area contributed by atoms with Crippen molar-refractivity contribution in [1.82, 2.24) is 10.2 Å². The molecule has 7 heteroatoms. The number of amides is 2. The van der Waals surface area contributed by atoms with Crippen molar-refractivity contribution in [3.05, 3.63) is 95.6 Å². The van der Waals surface area contributed by atoms with E-state index >= 15 is 0 Å². The van der Waals surface area contributed by atoms with Crippen molar-refractivity contribution >= 4 is 18.0 Å². The highest BCUT2D eigenvalue weighted by molar-refractivity contribution is 5.90. The molecule has 2 atom stereocenters. The smallest absolute Gasteiger partial charge is 0.407 e. The van der Waals surface area contributed by atoms with Gasteiger partial charge in [-0.15, -0.1) is 0 Å². The second kappa shape index (κ2) is 10.9. The summed E-state index contributed by atoms with van der Waals surface area (Å²) in [6.07, 6.45) is 1.44. The Balaban J connectivity index is 1.32.